The average molecular weight is 284 g/mol. The molecule has 0 N–H and O–H groups in total. The van der Waals surface area contributed by atoms with E-state index in [1.54, 1.807) is 28.0 Å². The summed E-state index contributed by atoms with van der Waals surface area (Å²) in [6.45, 7) is 2.06. The highest BCUT2D eigenvalue weighted by Gasteiger charge is 2.12. The Bertz CT molecular complexity index is 702. The van der Waals surface area contributed by atoms with Crippen LogP contribution >= 0.6 is 34.5 Å². The Hall–Kier alpha value is -1.10. The first-order valence-electron chi connectivity index (χ1n) is 4.91. The highest BCUT2D eigenvalue weighted by atomic mass is 35.5. The molecule has 0 fully saturated rings. The summed E-state index contributed by atoms with van der Waals surface area (Å²) in [6, 6.07) is 5.69. The Balaban J connectivity index is 2.31. The average Bonchev–Trinajstić information content (AvgIpc) is 2.83. The highest BCUT2D eigenvalue weighted by molar-refractivity contribution is 7.15. The maximum Gasteiger partial charge on any atom is 0.159 e. The molecule has 3 heterocycles. The van der Waals surface area contributed by atoms with Crippen LogP contribution in [0.25, 0.3) is 16.3 Å². The molecule has 3 aromatic rings. The Morgan fingerprint density at radius 2 is 2.12 bits per heavy atom. The predicted octanol–water partition coefficient (Wildman–Crippen LogP) is 4.07. The second-order valence-electron chi connectivity index (χ2n) is 3.59. The van der Waals surface area contributed by atoms with Crippen LogP contribution in [0.4, 0.5) is 0 Å². The van der Waals surface area contributed by atoms with E-state index in [1.165, 1.54) is 4.88 Å². The number of aryl methyl sites for hydroxylation is 1. The van der Waals surface area contributed by atoms with E-state index < -0.39 is 0 Å². The van der Waals surface area contributed by atoms with Gasteiger partial charge in [-0.15, -0.1) is 11.3 Å². The molecule has 86 valence electrons. The number of fused-ring (bicyclic) bond motifs is 1. The van der Waals surface area contributed by atoms with Crippen LogP contribution in [0, 0.1) is 6.92 Å². The number of halogens is 2. The fourth-order valence-corrected chi connectivity index (χ4v) is 3.04. The molecule has 0 unspecified atom stereocenters. The SMILES string of the molecule is Cc1ccc(-c2ncc3nc(Cl)cc(Cl)n23)s1. The van der Waals surface area contributed by atoms with Crippen LogP contribution in [0.3, 0.4) is 0 Å². The third kappa shape index (κ3) is 1.82. The molecule has 0 radical (unpaired) electrons. The summed E-state index contributed by atoms with van der Waals surface area (Å²) in [4.78, 5) is 10.8. The van der Waals surface area contributed by atoms with Crippen LogP contribution in [0.2, 0.25) is 10.3 Å². The lowest BCUT2D eigenvalue weighted by atomic mass is 10.4. The third-order valence-electron chi connectivity index (χ3n) is 2.38. The maximum absolute atomic E-state index is 6.17. The standard InChI is InChI=1S/C11H7Cl2N3S/c1-6-2-3-7(17-6)11-14-5-10-15-8(12)4-9(13)16(10)11/h2-5H,1H3. The summed E-state index contributed by atoms with van der Waals surface area (Å²) < 4.78 is 1.79. The summed E-state index contributed by atoms with van der Waals surface area (Å²) in [5, 5.41) is 0.884. The zero-order chi connectivity index (χ0) is 12.0. The number of nitrogens with zero attached hydrogens (tertiary/aromatic N) is 3. The van der Waals surface area contributed by atoms with Gasteiger partial charge < -0.3 is 0 Å². The van der Waals surface area contributed by atoms with Crippen molar-refractivity contribution in [3.63, 3.8) is 0 Å². The lowest BCUT2D eigenvalue weighted by molar-refractivity contribution is 1.12. The van der Waals surface area contributed by atoms with Crippen molar-refractivity contribution >= 4 is 40.2 Å². The van der Waals surface area contributed by atoms with Gasteiger partial charge in [-0.05, 0) is 19.1 Å². The molecule has 0 saturated heterocycles. The van der Waals surface area contributed by atoms with Crippen molar-refractivity contribution in [1.82, 2.24) is 14.4 Å². The van der Waals surface area contributed by atoms with Gasteiger partial charge in [0.15, 0.2) is 11.5 Å². The van der Waals surface area contributed by atoms with E-state index in [2.05, 4.69) is 23.0 Å². The van der Waals surface area contributed by atoms with Crippen LogP contribution in [0.1, 0.15) is 4.88 Å². The van der Waals surface area contributed by atoms with E-state index >= 15 is 0 Å². The Kier molecular flexibility index (Phi) is 2.58. The molecule has 0 aliphatic rings. The molecule has 3 nitrogen and oxygen atoms in total. The van der Waals surface area contributed by atoms with Gasteiger partial charge in [0.05, 0.1) is 11.1 Å². The molecule has 17 heavy (non-hydrogen) atoms. The fraction of sp³-hybridized carbons (Fsp3) is 0.0909. The third-order valence-corrected chi connectivity index (χ3v) is 3.85. The predicted molar refractivity (Wildman–Crippen MR) is 71.1 cm³/mol. The second-order valence-corrected chi connectivity index (χ2v) is 5.65. The van der Waals surface area contributed by atoms with E-state index in [-0.39, 0.29) is 0 Å². The van der Waals surface area contributed by atoms with Crippen LogP contribution < -0.4 is 0 Å². The summed E-state index contributed by atoms with van der Waals surface area (Å²) in [5.74, 6) is 0.798. The van der Waals surface area contributed by atoms with Crippen LogP contribution in [-0.2, 0) is 0 Å². The molecule has 0 saturated carbocycles. The molecule has 0 aromatic carbocycles. The molecule has 0 amide bonds. The minimum absolute atomic E-state index is 0.372. The van der Waals surface area contributed by atoms with E-state index in [0.29, 0.717) is 16.0 Å². The van der Waals surface area contributed by atoms with E-state index in [4.69, 9.17) is 23.2 Å². The van der Waals surface area contributed by atoms with Gasteiger partial charge in [0.25, 0.3) is 0 Å². The molecule has 3 aromatic heterocycles. The van der Waals surface area contributed by atoms with Gasteiger partial charge in [-0.2, -0.15) is 0 Å². The lowest BCUT2D eigenvalue weighted by Gasteiger charge is -2.01. The number of hydrogen-bond donors (Lipinski definition) is 0. The minimum Gasteiger partial charge on any atom is -0.266 e. The van der Waals surface area contributed by atoms with Crippen molar-refractivity contribution in [2.24, 2.45) is 0 Å². The minimum atomic E-state index is 0.372. The summed E-state index contributed by atoms with van der Waals surface area (Å²) >= 11 is 13.7. The van der Waals surface area contributed by atoms with Crippen LogP contribution in [-0.4, -0.2) is 14.4 Å². The number of aromatic nitrogens is 3. The van der Waals surface area contributed by atoms with Gasteiger partial charge in [-0.1, -0.05) is 23.2 Å². The van der Waals surface area contributed by atoms with Gasteiger partial charge in [-0.3, -0.25) is 4.40 Å². The van der Waals surface area contributed by atoms with E-state index in [9.17, 15) is 0 Å². The Morgan fingerprint density at radius 3 is 2.82 bits per heavy atom. The molecule has 0 aliphatic carbocycles. The first-order chi connectivity index (χ1) is 8.15. The highest BCUT2D eigenvalue weighted by Crippen LogP contribution is 2.29. The van der Waals surface area contributed by atoms with E-state index in [1.807, 2.05) is 6.07 Å². The molecular formula is C11H7Cl2N3S. The van der Waals surface area contributed by atoms with Crippen molar-refractivity contribution in [3.05, 3.63) is 39.6 Å². The van der Waals surface area contributed by atoms with Crippen molar-refractivity contribution in [1.29, 1.82) is 0 Å². The largest absolute Gasteiger partial charge is 0.266 e. The van der Waals surface area contributed by atoms with Gasteiger partial charge in [-0.25, -0.2) is 9.97 Å². The molecular weight excluding hydrogens is 277 g/mol. The first-order valence-corrected chi connectivity index (χ1v) is 6.49. The van der Waals surface area contributed by atoms with Gasteiger partial charge in [0.2, 0.25) is 0 Å². The van der Waals surface area contributed by atoms with Crippen LogP contribution in [0.15, 0.2) is 24.4 Å². The summed E-state index contributed by atoms with van der Waals surface area (Å²) in [7, 11) is 0. The Morgan fingerprint density at radius 1 is 1.29 bits per heavy atom. The number of imidazole rings is 1. The number of hydrogen-bond acceptors (Lipinski definition) is 3. The molecule has 0 aliphatic heterocycles. The molecule has 0 bridgehead atoms. The second kappa shape index (κ2) is 3.98. The topological polar surface area (TPSA) is 30.2 Å². The molecule has 0 spiro atoms. The lowest BCUT2D eigenvalue weighted by Crippen LogP contribution is -1.92. The van der Waals surface area contributed by atoms with Crippen molar-refractivity contribution in [3.8, 4) is 10.7 Å². The summed E-state index contributed by atoms with van der Waals surface area (Å²) in [5.41, 5.74) is 0.656. The smallest absolute Gasteiger partial charge is 0.159 e. The zero-order valence-corrected chi connectivity index (χ0v) is 11.1. The monoisotopic (exact) mass is 283 g/mol. The van der Waals surface area contributed by atoms with Crippen molar-refractivity contribution < 1.29 is 0 Å². The van der Waals surface area contributed by atoms with E-state index in [0.717, 1.165) is 10.7 Å². The number of rotatable bonds is 1. The normalized spacial score (nSPS) is 11.2. The summed E-state index contributed by atoms with van der Waals surface area (Å²) in [6.07, 6.45) is 1.67. The van der Waals surface area contributed by atoms with Crippen molar-refractivity contribution in [2.75, 3.05) is 0 Å². The first kappa shape index (κ1) is 11.0. The fourth-order valence-electron chi connectivity index (χ4n) is 1.67. The zero-order valence-electron chi connectivity index (χ0n) is 8.82. The quantitative estimate of drug-likeness (QED) is 0.630. The molecule has 3 rings (SSSR count). The van der Waals surface area contributed by atoms with Gasteiger partial charge in [0.1, 0.15) is 10.3 Å². The van der Waals surface area contributed by atoms with Gasteiger partial charge in [0, 0.05) is 10.9 Å². The van der Waals surface area contributed by atoms with Crippen LogP contribution in [0.5, 0.6) is 0 Å². The van der Waals surface area contributed by atoms with Crippen molar-refractivity contribution in [2.45, 2.75) is 6.92 Å². The molecule has 6 heteroatoms. The Labute approximate surface area is 112 Å². The number of thiophene rings is 1. The van der Waals surface area contributed by atoms with Gasteiger partial charge >= 0.3 is 0 Å². The maximum atomic E-state index is 6.17. The molecule has 0 atom stereocenters.